The average molecular weight is 419 g/mol. The van der Waals surface area contributed by atoms with Crippen molar-refractivity contribution < 1.29 is 9.84 Å². The fourth-order valence-electron chi connectivity index (χ4n) is 3.13. The van der Waals surface area contributed by atoms with Crippen molar-refractivity contribution in [3.8, 4) is 25.8 Å². The Morgan fingerprint density at radius 3 is 1.96 bits per heavy atom. The molecule has 27 heavy (non-hydrogen) atoms. The fourth-order valence-corrected chi connectivity index (χ4v) is 5.66. The van der Waals surface area contributed by atoms with Crippen molar-refractivity contribution in [2.75, 3.05) is 7.11 Å². The van der Waals surface area contributed by atoms with Crippen molar-refractivity contribution in [3.63, 3.8) is 0 Å². The summed E-state index contributed by atoms with van der Waals surface area (Å²) in [7, 11) is 1.65. The Morgan fingerprint density at radius 1 is 0.778 bits per heavy atom. The van der Waals surface area contributed by atoms with E-state index in [1.807, 2.05) is 36.4 Å². The van der Waals surface area contributed by atoms with Gasteiger partial charge in [0.1, 0.15) is 0 Å². The molecule has 0 fully saturated rings. The van der Waals surface area contributed by atoms with Crippen molar-refractivity contribution in [2.45, 2.75) is 6.10 Å². The van der Waals surface area contributed by atoms with E-state index in [4.69, 9.17) is 4.74 Å². The minimum atomic E-state index is -0.658. The van der Waals surface area contributed by atoms with Crippen LogP contribution in [-0.2, 0) is 0 Å². The van der Waals surface area contributed by atoms with Crippen molar-refractivity contribution in [3.05, 3.63) is 102 Å². The van der Waals surface area contributed by atoms with Crippen molar-refractivity contribution in [2.24, 2.45) is 0 Å². The van der Waals surface area contributed by atoms with Gasteiger partial charge in [-0.2, -0.15) is 0 Å². The van der Waals surface area contributed by atoms with Crippen molar-refractivity contribution in [1.82, 2.24) is 0 Å². The van der Waals surface area contributed by atoms with Gasteiger partial charge in [0.05, 0.1) is 0 Å². The van der Waals surface area contributed by atoms with Gasteiger partial charge in [-0.05, 0) is 0 Å². The molecule has 2 nitrogen and oxygen atoms in total. The van der Waals surface area contributed by atoms with Crippen LogP contribution in [0.1, 0.15) is 17.2 Å². The first-order valence-electron chi connectivity index (χ1n) is 8.83. The summed E-state index contributed by atoms with van der Waals surface area (Å²) >= 11 is 0.144. The SMILES string of the molecule is COc1ccc(C(O)c2cc(-c3ccccc3)[se]c2-c2ccccc2)cc1. The number of aliphatic hydroxyl groups excluding tert-OH is 1. The molecule has 3 aromatic carbocycles. The van der Waals surface area contributed by atoms with Gasteiger partial charge in [-0.25, -0.2) is 0 Å². The minimum absolute atomic E-state index is 0.144. The van der Waals surface area contributed by atoms with Crippen LogP contribution in [0, 0.1) is 0 Å². The van der Waals surface area contributed by atoms with Gasteiger partial charge in [-0.1, -0.05) is 0 Å². The van der Waals surface area contributed by atoms with E-state index in [0.717, 1.165) is 16.9 Å². The van der Waals surface area contributed by atoms with Gasteiger partial charge in [0.15, 0.2) is 0 Å². The molecule has 3 heteroatoms. The molecule has 1 aromatic heterocycles. The second-order valence-corrected chi connectivity index (χ2v) is 8.51. The van der Waals surface area contributed by atoms with Crippen LogP contribution >= 0.6 is 0 Å². The molecule has 4 rings (SSSR count). The summed E-state index contributed by atoms with van der Waals surface area (Å²) in [6.45, 7) is 0. The third-order valence-electron chi connectivity index (χ3n) is 4.58. The van der Waals surface area contributed by atoms with Crippen LogP contribution in [0.4, 0.5) is 0 Å². The third kappa shape index (κ3) is 3.77. The molecular weight excluding hydrogens is 399 g/mol. The van der Waals surface area contributed by atoms with E-state index in [9.17, 15) is 5.11 Å². The summed E-state index contributed by atoms with van der Waals surface area (Å²) in [5.74, 6) is 0.791. The maximum absolute atomic E-state index is 11.1. The first-order chi connectivity index (χ1) is 13.3. The van der Waals surface area contributed by atoms with Crippen molar-refractivity contribution >= 4 is 14.5 Å². The van der Waals surface area contributed by atoms with E-state index in [1.54, 1.807) is 7.11 Å². The number of rotatable bonds is 5. The normalized spacial score (nSPS) is 11.9. The molecular formula is C24H20O2Se. The van der Waals surface area contributed by atoms with E-state index >= 15 is 0 Å². The summed E-state index contributed by atoms with van der Waals surface area (Å²) < 4.78 is 7.77. The second kappa shape index (κ2) is 7.97. The van der Waals surface area contributed by atoms with E-state index < -0.39 is 6.10 Å². The van der Waals surface area contributed by atoms with E-state index in [2.05, 4.69) is 54.6 Å². The monoisotopic (exact) mass is 420 g/mol. The summed E-state index contributed by atoms with van der Waals surface area (Å²) in [6.07, 6.45) is -0.658. The molecule has 0 aliphatic carbocycles. The molecule has 134 valence electrons. The summed E-state index contributed by atoms with van der Waals surface area (Å²) in [5, 5.41) is 11.1. The van der Waals surface area contributed by atoms with Crippen LogP contribution in [-0.4, -0.2) is 26.7 Å². The summed E-state index contributed by atoms with van der Waals surface area (Å²) in [5.41, 5.74) is 4.27. The third-order valence-corrected chi connectivity index (χ3v) is 7.20. The molecule has 4 aromatic rings. The molecule has 0 bridgehead atoms. The van der Waals surface area contributed by atoms with Crippen molar-refractivity contribution in [1.29, 1.82) is 0 Å². The zero-order chi connectivity index (χ0) is 18.6. The molecule has 1 N–H and O–H groups in total. The summed E-state index contributed by atoms with van der Waals surface area (Å²) in [4.78, 5) is 0. The van der Waals surface area contributed by atoms with Crippen LogP contribution in [0.2, 0.25) is 0 Å². The fraction of sp³-hybridized carbons (Fsp3) is 0.0833. The van der Waals surface area contributed by atoms with E-state index in [1.165, 1.54) is 20.0 Å². The maximum atomic E-state index is 11.1. The standard InChI is InChI=1S/C24H20O2Se/c1-26-20-14-12-18(13-15-20)23(25)21-16-22(17-8-4-2-5-9-17)27-24(21)19-10-6-3-7-11-19/h2-16,23,25H,1H3. The van der Waals surface area contributed by atoms with Gasteiger partial charge < -0.3 is 0 Å². The molecule has 1 atom stereocenters. The number of methoxy groups -OCH3 is 1. The number of ether oxygens (including phenoxy) is 1. The van der Waals surface area contributed by atoms with Crippen LogP contribution < -0.4 is 4.74 Å². The Kier molecular flexibility index (Phi) is 5.26. The van der Waals surface area contributed by atoms with E-state index in [0.29, 0.717) is 0 Å². The van der Waals surface area contributed by atoms with Gasteiger partial charge in [0, 0.05) is 0 Å². The molecule has 0 amide bonds. The van der Waals surface area contributed by atoms with Gasteiger partial charge >= 0.3 is 165 Å². The average Bonchev–Trinajstić information content (AvgIpc) is 3.20. The Bertz CT molecular complexity index is 1010. The molecule has 0 saturated heterocycles. The van der Waals surface area contributed by atoms with Gasteiger partial charge in [0.25, 0.3) is 0 Å². The zero-order valence-electron chi connectivity index (χ0n) is 15.0. The number of benzene rings is 3. The molecule has 0 radical (unpaired) electrons. The molecule has 0 saturated carbocycles. The quantitative estimate of drug-likeness (QED) is 0.453. The first kappa shape index (κ1) is 17.8. The number of hydrogen-bond donors (Lipinski definition) is 1. The van der Waals surface area contributed by atoms with Crippen LogP contribution in [0.3, 0.4) is 0 Å². The van der Waals surface area contributed by atoms with Gasteiger partial charge in [-0.3, -0.25) is 0 Å². The molecule has 0 spiro atoms. The van der Waals surface area contributed by atoms with Crippen LogP contribution in [0.15, 0.2) is 91.0 Å². The molecule has 1 heterocycles. The van der Waals surface area contributed by atoms with Gasteiger partial charge in [0.2, 0.25) is 0 Å². The van der Waals surface area contributed by atoms with Crippen LogP contribution in [0.25, 0.3) is 20.0 Å². The number of hydrogen-bond acceptors (Lipinski definition) is 2. The Morgan fingerprint density at radius 2 is 1.37 bits per heavy atom. The Balaban J connectivity index is 1.81. The topological polar surface area (TPSA) is 29.5 Å². The molecule has 0 aliphatic heterocycles. The predicted molar refractivity (Wildman–Crippen MR) is 111 cm³/mol. The molecule has 1 unspecified atom stereocenters. The van der Waals surface area contributed by atoms with Crippen LogP contribution in [0.5, 0.6) is 5.75 Å². The zero-order valence-corrected chi connectivity index (χ0v) is 16.7. The number of aliphatic hydroxyl groups is 1. The Labute approximate surface area is 165 Å². The second-order valence-electron chi connectivity index (χ2n) is 6.30. The van der Waals surface area contributed by atoms with Gasteiger partial charge in [-0.15, -0.1) is 0 Å². The predicted octanol–water partition coefficient (Wildman–Crippen LogP) is 5.17. The van der Waals surface area contributed by atoms with E-state index in [-0.39, 0.29) is 14.5 Å². The first-order valence-corrected chi connectivity index (χ1v) is 10.5. The Hall–Kier alpha value is -2.58. The summed E-state index contributed by atoms with van der Waals surface area (Å²) in [6, 6.07) is 30.6. The molecule has 0 aliphatic rings.